The molecule has 118 valence electrons. The minimum atomic E-state index is -1.57. The van der Waals surface area contributed by atoms with Gasteiger partial charge < -0.3 is 20.2 Å². The zero-order chi connectivity index (χ0) is 15.7. The Labute approximate surface area is 124 Å². The first-order valence-electron chi connectivity index (χ1n) is 7.34. The van der Waals surface area contributed by atoms with Crippen molar-refractivity contribution >= 4 is 12.0 Å². The lowest BCUT2D eigenvalue weighted by Crippen LogP contribution is -2.52. The van der Waals surface area contributed by atoms with Crippen LogP contribution in [0.2, 0.25) is 0 Å². The Kier molecular flexibility index (Phi) is 6.78. The van der Waals surface area contributed by atoms with Gasteiger partial charge in [-0.2, -0.15) is 0 Å². The summed E-state index contributed by atoms with van der Waals surface area (Å²) in [7, 11) is 0. The summed E-state index contributed by atoms with van der Waals surface area (Å²) >= 11 is 0. The Hall–Kier alpha value is -1.98. The van der Waals surface area contributed by atoms with Crippen molar-refractivity contribution < 1.29 is 19.1 Å². The maximum Gasteiger partial charge on any atom is 0.337 e. The molecular formula is C15H24N2O4. The molecule has 0 bridgehead atoms. The maximum atomic E-state index is 11.8. The first kappa shape index (κ1) is 17.1. The summed E-state index contributed by atoms with van der Waals surface area (Å²) in [5, 5.41) is 14.5. The summed E-state index contributed by atoms with van der Waals surface area (Å²) in [6.07, 6.45) is 6.85. The number of carboxylic acid groups (broad SMARTS) is 1. The van der Waals surface area contributed by atoms with Crippen molar-refractivity contribution in [2.24, 2.45) is 0 Å². The number of unbranched alkanes of at least 4 members (excludes halogenated alkanes) is 4. The lowest BCUT2D eigenvalue weighted by molar-refractivity contribution is -0.144. The molecule has 0 spiro atoms. The molecule has 0 aliphatic heterocycles. The fraction of sp³-hybridized carbons (Fsp3) is 0.600. The van der Waals surface area contributed by atoms with Gasteiger partial charge in [-0.1, -0.05) is 32.6 Å². The molecule has 2 amide bonds. The van der Waals surface area contributed by atoms with Crippen LogP contribution in [0.3, 0.4) is 0 Å². The first-order chi connectivity index (χ1) is 10.0. The second-order valence-electron chi connectivity index (χ2n) is 5.20. The van der Waals surface area contributed by atoms with E-state index in [4.69, 9.17) is 4.42 Å². The Bertz CT molecular complexity index is 445. The van der Waals surface area contributed by atoms with Gasteiger partial charge >= 0.3 is 12.0 Å². The number of aliphatic carboxylic acids is 1. The van der Waals surface area contributed by atoms with E-state index in [0.717, 1.165) is 19.3 Å². The summed E-state index contributed by atoms with van der Waals surface area (Å²) in [6.45, 7) is 4.07. The maximum absolute atomic E-state index is 11.8. The zero-order valence-electron chi connectivity index (χ0n) is 12.6. The van der Waals surface area contributed by atoms with Crippen molar-refractivity contribution in [2.45, 2.75) is 51.5 Å². The number of carboxylic acids is 1. The third-order valence-electron chi connectivity index (χ3n) is 3.37. The normalized spacial score (nSPS) is 13.4. The van der Waals surface area contributed by atoms with Crippen LogP contribution < -0.4 is 10.6 Å². The molecule has 21 heavy (non-hydrogen) atoms. The predicted molar refractivity (Wildman–Crippen MR) is 79.0 cm³/mol. The number of furan rings is 1. The van der Waals surface area contributed by atoms with Crippen LogP contribution in [0.4, 0.5) is 4.79 Å². The molecule has 1 aromatic rings. The van der Waals surface area contributed by atoms with Crippen LogP contribution in [0.25, 0.3) is 0 Å². The van der Waals surface area contributed by atoms with E-state index in [2.05, 4.69) is 17.6 Å². The van der Waals surface area contributed by atoms with Crippen LogP contribution in [0.5, 0.6) is 0 Å². The van der Waals surface area contributed by atoms with Gasteiger partial charge in [0.25, 0.3) is 0 Å². The van der Waals surface area contributed by atoms with Crippen LogP contribution in [-0.2, 0) is 10.3 Å². The molecular weight excluding hydrogens is 272 g/mol. The highest BCUT2D eigenvalue weighted by molar-refractivity contribution is 5.86. The van der Waals surface area contributed by atoms with E-state index in [1.165, 1.54) is 32.1 Å². The van der Waals surface area contributed by atoms with Crippen molar-refractivity contribution in [3.05, 3.63) is 24.2 Å². The summed E-state index contributed by atoms with van der Waals surface area (Å²) < 4.78 is 5.11. The van der Waals surface area contributed by atoms with Crippen molar-refractivity contribution in [3.8, 4) is 0 Å². The highest BCUT2D eigenvalue weighted by Gasteiger charge is 2.39. The smallest absolute Gasteiger partial charge is 0.337 e. The van der Waals surface area contributed by atoms with Crippen LogP contribution in [-0.4, -0.2) is 23.7 Å². The molecule has 1 rings (SSSR count). The number of carbonyl (C=O) groups excluding carboxylic acids is 1. The standard InChI is InChI=1S/C15H24N2O4/c1-3-4-5-6-7-10-16-14(20)17-15(2,13(18)19)12-9-8-11-21-12/h8-9,11H,3-7,10H2,1-2H3,(H,18,19)(H2,16,17,20). The van der Waals surface area contributed by atoms with Crippen LogP contribution in [0.1, 0.15) is 51.7 Å². The van der Waals surface area contributed by atoms with Crippen LogP contribution in [0, 0.1) is 0 Å². The molecule has 0 saturated carbocycles. The molecule has 0 saturated heterocycles. The van der Waals surface area contributed by atoms with E-state index in [9.17, 15) is 14.7 Å². The predicted octanol–water partition coefficient (Wildman–Crippen LogP) is 2.85. The van der Waals surface area contributed by atoms with Gasteiger partial charge in [0.15, 0.2) is 5.54 Å². The van der Waals surface area contributed by atoms with Crippen LogP contribution >= 0.6 is 0 Å². The van der Waals surface area contributed by atoms with Crippen LogP contribution in [0.15, 0.2) is 22.8 Å². The minimum absolute atomic E-state index is 0.188. The fourth-order valence-corrected chi connectivity index (χ4v) is 1.99. The van der Waals surface area contributed by atoms with Crippen molar-refractivity contribution in [3.63, 3.8) is 0 Å². The molecule has 1 unspecified atom stereocenters. The molecule has 6 heteroatoms. The van der Waals surface area contributed by atoms with Gasteiger partial charge in [-0.3, -0.25) is 0 Å². The van der Waals surface area contributed by atoms with Gasteiger partial charge in [0.05, 0.1) is 6.26 Å². The third-order valence-corrected chi connectivity index (χ3v) is 3.37. The largest absolute Gasteiger partial charge is 0.479 e. The monoisotopic (exact) mass is 296 g/mol. The molecule has 1 aromatic heterocycles. The molecule has 1 heterocycles. The molecule has 0 aliphatic rings. The number of nitrogens with one attached hydrogen (secondary N) is 2. The van der Waals surface area contributed by atoms with Crippen molar-refractivity contribution in [1.82, 2.24) is 10.6 Å². The second-order valence-corrected chi connectivity index (χ2v) is 5.20. The SMILES string of the molecule is CCCCCCCNC(=O)NC(C)(C(=O)O)c1ccco1. The summed E-state index contributed by atoms with van der Waals surface area (Å²) in [5.41, 5.74) is -1.57. The zero-order valence-corrected chi connectivity index (χ0v) is 12.6. The quantitative estimate of drug-likeness (QED) is 0.611. The first-order valence-corrected chi connectivity index (χ1v) is 7.34. The van der Waals surface area contributed by atoms with Gasteiger partial charge in [-0.15, -0.1) is 0 Å². The lowest BCUT2D eigenvalue weighted by Gasteiger charge is -2.24. The number of amides is 2. The topological polar surface area (TPSA) is 91.6 Å². The van der Waals surface area contributed by atoms with Crippen molar-refractivity contribution in [2.75, 3.05) is 6.54 Å². The molecule has 3 N–H and O–H groups in total. The number of urea groups is 1. The van der Waals surface area contributed by atoms with Gasteiger partial charge in [-0.25, -0.2) is 9.59 Å². The van der Waals surface area contributed by atoms with Gasteiger partial charge in [0, 0.05) is 6.54 Å². The molecule has 1 atom stereocenters. The molecule has 0 fully saturated rings. The molecule has 0 radical (unpaired) electrons. The fourth-order valence-electron chi connectivity index (χ4n) is 1.99. The van der Waals surface area contributed by atoms with E-state index >= 15 is 0 Å². The van der Waals surface area contributed by atoms with E-state index in [0.29, 0.717) is 6.54 Å². The van der Waals surface area contributed by atoms with E-state index in [-0.39, 0.29) is 5.76 Å². The number of rotatable bonds is 9. The number of hydrogen-bond donors (Lipinski definition) is 3. The Morgan fingerprint density at radius 3 is 2.57 bits per heavy atom. The van der Waals surface area contributed by atoms with Gasteiger partial charge in [0.1, 0.15) is 5.76 Å². The summed E-state index contributed by atoms with van der Waals surface area (Å²) in [5.74, 6) is -0.983. The van der Waals surface area contributed by atoms with E-state index < -0.39 is 17.5 Å². The third kappa shape index (κ3) is 5.13. The average molecular weight is 296 g/mol. The van der Waals surface area contributed by atoms with Crippen molar-refractivity contribution in [1.29, 1.82) is 0 Å². The molecule has 0 aliphatic carbocycles. The average Bonchev–Trinajstić information content (AvgIpc) is 2.97. The minimum Gasteiger partial charge on any atom is -0.479 e. The van der Waals surface area contributed by atoms with E-state index in [1.54, 1.807) is 6.07 Å². The second kappa shape index (κ2) is 8.34. The lowest BCUT2D eigenvalue weighted by atomic mass is 9.99. The van der Waals surface area contributed by atoms with Gasteiger partial charge in [-0.05, 0) is 25.5 Å². The highest BCUT2D eigenvalue weighted by Crippen LogP contribution is 2.21. The Balaban J connectivity index is 2.42. The number of carbonyl (C=O) groups is 2. The summed E-state index contributed by atoms with van der Waals surface area (Å²) in [6, 6.07) is 2.61. The van der Waals surface area contributed by atoms with E-state index in [1.807, 2.05) is 0 Å². The van der Waals surface area contributed by atoms with Gasteiger partial charge in [0.2, 0.25) is 0 Å². The summed E-state index contributed by atoms with van der Waals surface area (Å²) in [4.78, 5) is 23.2. The Morgan fingerprint density at radius 2 is 2.00 bits per heavy atom. The number of hydrogen-bond acceptors (Lipinski definition) is 3. The Morgan fingerprint density at radius 1 is 1.29 bits per heavy atom. The highest BCUT2D eigenvalue weighted by atomic mass is 16.4. The molecule has 6 nitrogen and oxygen atoms in total. The molecule has 0 aromatic carbocycles.